The summed E-state index contributed by atoms with van der Waals surface area (Å²) < 4.78 is 5.59. The fourth-order valence-electron chi connectivity index (χ4n) is 2.62. The lowest BCUT2D eigenvalue weighted by atomic mass is 10.1. The van der Waals surface area contributed by atoms with Gasteiger partial charge in [0.15, 0.2) is 6.61 Å². The van der Waals surface area contributed by atoms with Crippen molar-refractivity contribution in [3.05, 3.63) is 93.5 Å². The smallest absolute Gasteiger partial charge is 0.276 e. The summed E-state index contributed by atoms with van der Waals surface area (Å²) in [7, 11) is 0. The second-order valence-corrected chi connectivity index (χ2v) is 6.48. The normalized spacial score (nSPS) is 10.2. The molecular formula is C21H16ClN3O5. The SMILES string of the molecule is O=C(COc1ccccc1-c1ccccc1)NNC(=O)c1cc([N+](=O)[O-])ccc1Cl. The first-order chi connectivity index (χ1) is 14.5. The first-order valence-corrected chi connectivity index (χ1v) is 9.14. The molecule has 152 valence electrons. The van der Waals surface area contributed by atoms with Gasteiger partial charge in [-0.1, -0.05) is 60.1 Å². The first kappa shape index (κ1) is 20.8. The van der Waals surface area contributed by atoms with Crippen LogP contribution in [0.15, 0.2) is 72.8 Å². The monoisotopic (exact) mass is 425 g/mol. The lowest BCUT2D eigenvalue weighted by Crippen LogP contribution is -2.43. The molecule has 0 spiro atoms. The van der Waals surface area contributed by atoms with E-state index < -0.39 is 16.7 Å². The summed E-state index contributed by atoms with van der Waals surface area (Å²) in [5, 5.41) is 10.9. The Morgan fingerprint density at radius 3 is 2.40 bits per heavy atom. The number of para-hydroxylation sites is 1. The summed E-state index contributed by atoms with van der Waals surface area (Å²) in [4.78, 5) is 34.5. The number of carbonyl (C=O) groups excluding carboxylic acids is 2. The van der Waals surface area contributed by atoms with Gasteiger partial charge in [0.1, 0.15) is 5.75 Å². The third-order valence-electron chi connectivity index (χ3n) is 4.05. The molecule has 2 N–H and O–H groups in total. The number of carbonyl (C=O) groups is 2. The van der Waals surface area contributed by atoms with Gasteiger partial charge >= 0.3 is 0 Å². The van der Waals surface area contributed by atoms with Crippen LogP contribution >= 0.6 is 11.6 Å². The van der Waals surface area contributed by atoms with Gasteiger partial charge in [-0.15, -0.1) is 0 Å². The van der Waals surface area contributed by atoms with E-state index in [0.717, 1.165) is 17.2 Å². The molecule has 0 aliphatic heterocycles. The maximum absolute atomic E-state index is 12.2. The molecule has 9 heteroatoms. The Bertz CT molecular complexity index is 1090. The first-order valence-electron chi connectivity index (χ1n) is 8.76. The Morgan fingerprint density at radius 1 is 0.967 bits per heavy atom. The Hall–Kier alpha value is -3.91. The number of benzene rings is 3. The number of ether oxygens (including phenoxy) is 1. The number of hydrogen-bond donors (Lipinski definition) is 2. The van der Waals surface area contributed by atoms with Crippen molar-refractivity contribution < 1.29 is 19.2 Å². The van der Waals surface area contributed by atoms with Gasteiger partial charge in [0.05, 0.1) is 15.5 Å². The minimum atomic E-state index is -0.790. The molecule has 3 rings (SSSR count). The zero-order valence-electron chi connectivity index (χ0n) is 15.5. The van der Waals surface area contributed by atoms with Crippen molar-refractivity contribution in [3.63, 3.8) is 0 Å². The molecular weight excluding hydrogens is 410 g/mol. The lowest BCUT2D eigenvalue weighted by Gasteiger charge is -2.12. The van der Waals surface area contributed by atoms with Crippen LogP contribution in [0.5, 0.6) is 5.75 Å². The van der Waals surface area contributed by atoms with E-state index in [1.54, 1.807) is 12.1 Å². The van der Waals surface area contributed by atoms with Gasteiger partial charge in [-0.25, -0.2) is 0 Å². The zero-order valence-corrected chi connectivity index (χ0v) is 16.3. The zero-order chi connectivity index (χ0) is 21.5. The average Bonchev–Trinajstić information content (AvgIpc) is 2.77. The summed E-state index contributed by atoms with van der Waals surface area (Å²) >= 11 is 5.91. The number of hydrazine groups is 1. The minimum Gasteiger partial charge on any atom is -0.483 e. The van der Waals surface area contributed by atoms with Crippen molar-refractivity contribution in [1.82, 2.24) is 10.9 Å². The molecule has 0 aliphatic rings. The molecule has 0 radical (unpaired) electrons. The number of nitrogens with zero attached hydrogens (tertiary/aromatic N) is 1. The second-order valence-electron chi connectivity index (χ2n) is 6.07. The van der Waals surface area contributed by atoms with Crippen LogP contribution in [-0.4, -0.2) is 23.3 Å². The molecule has 0 saturated heterocycles. The van der Waals surface area contributed by atoms with Crippen LogP contribution in [-0.2, 0) is 4.79 Å². The Kier molecular flexibility index (Phi) is 6.61. The maximum Gasteiger partial charge on any atom is 0.276 e. The highest BCUT2D eigenvalue weighted by molar-refractivity contribution is 6.34. The highest BCUT2D eigenvalue weighted by Crippen LogP contribution is 2.29. The van der Waals surface area contributed by atoms with Crippen LogP contribution in [0.4, 0.5) is 5.69 Å². The molecule has 3 aromatic rings. The second kappa shape index (κ2) is 9.53. The lowest BCUT2D eigenvalue weighted by molar-refractivity contribution is -0.384. The van der Waals surface area contributed by atoms with E-state index in [-0.39, 0.29) is 22.9 Å². The summed E-state index contributed by atoms with van der Waals surface area (Å²) in [5.74, 6) is -0.901. The predicted molar refractivity (Wildman–Crippen MR) is 111 cm³/mol. The minimum absolute atomic E-state index is 0.0142. The summed E-state index contributed by atoms with van der Waals surface area (Å²) in [6, 6.07) is 20.2. The molecule has 2 amide bonds. The molecule has 0 bridgehead atoms. The summed E-state index contributed by atoms with van der Waals surface area (Å²) in [6.45, 7) is -0.354. The van der Waals surface area contributed by atoms with E-state index in [9.17, 15) is 19.7 Å². The molecule has 0 atom stereocenters. The number of hydrogen-bond acceptors (Lipinski definition) is 5. The van der Waals surface area contributed by atoms with Gasteiger partial charge in [0.25, 0.3) is 17.5 Å². The molecule has 0 fully saturated rings. The van der Waals surface area contributed by atoms with Crippen molar-refractivity contribution in [2.24, 2.45) is 0 Å². The molecule has 0 aromatic heterocycles. The van der Waals surface area contributed by atoms with Crippen molar-refractivity contribution in [3.8, 4) is 16.9 Å². The fourth-order valence-corrected chi connectivity index (χ4v) is 2.83. The quantitative estimate of drug-likeness (QED) is 0.461. The molecule has 30 heavy (non-hydrogen) atoms. The van der Waals surface area contributed by atoms with Crippen LogP contribution in [0.25, 0.3) is 11.1 Å². The number of rotatable bonds is 6. The van der Waals surface area contributed by atoms with E-state index in [2.05, 4.69) is 10.9 Å². The van der Waals surface area contributed by atoms with E-state index in [1.807, 2.05) is 42.5 Å². The molecule has 0 unspecified atom stereocenters. The predicted octanol–water partition coefficient (Wildman–Crippen LogP) is 3.76. The number of nitro benzene ring substituents is 1. The Morgan fingerprint density at radius 2 is 1.67 bits per heavy atom. The van der Waals surface area contributed by atoms with Gasteiger partial charge in [-0.3, -0.25) is 30.6 Å². The molecule has 3 aromatic carbocycles. The average molecular weight is 426 g/mol. The molecule has 0 aliphatic carbocycles. The highest BCUT2D eigenvalue weighted by Gasteiger charge is 2.16. The number of non-ortho nitro benzene ring substituents is 1. The molecule has 0 heterocycles. The number of nitrogens with one attached hydrogen (secondary N) is 2. The van der Waals surface area contributed by atoms with Crippen LogP contribution < -0.4 is 15.6 Å². The van der Waals surface area contributed by atoms with Gasteiger partial charge in [-0.2, -0.15) is 0 Å². The highest BCUT2D eigenvalue weighted by atomic mass is 35.5. The van der Waals surface area contributed by atoms with Crippen LogP contribution in [0, 0.1) is 10.1 Å². The topological polar surface area (TPSA) is 111 Å². The largest absolute Gasteiger partial charge is 0.483 e. The van der Waals surface area contributed by atoms with Crippen molar-refractivity contribution in [1.29, 1.82) is 0 Å². The van der Waals surface area contributed by atoms with E-state index in [0.29, 0.717) is 5.75 Å². The summed E-state index contributed by atoms with van der Waals surface area (Å²) in [6.07, 6.45) is 0. The van der Waals surface area contributed by atoms with E-state index in [4.69, 9.17) is 16.3 Å². The van der Waals surface area contributed by atoms with Crippen molar-refractivity contribution in [2.75, 3.05) is 6.61 Å². The molecule has 8 nitrogen and oxygen atoms in total. The van der Waals surface area contributed by atoms with E-state index in [1.165, 1.54) is 12.1 Å². The van der Waals surface area contributed by atoms with Crippen LogP contribution in [0.2, 0.25) is 5.02 Å². The molecule has 0 saturated carbocycles. The Balaban J connectivity index is 1.60. The van der Waals surface area contributed by atoms with Gasteiger partial charge in [0, 0.05) is 17.7 Å². The maximum atomic E-state index is 12.2. The van der Waals surface area contributed by atoms with Gasteiger partial charge < -0.3 is 4.74 Å². The Labute approximate surface area is 176 Å². The van der Waals surface area contributed by atoms with Gasteiger partial charge in [-0.05, 0) is 17.7 Å². The van der Waals surface area contributed by atoms with Crippen molar-refractivity contribution >= 4 is 29.1 Å². The standard InChI is InChI=1S/C21H16ClN3O5/c22-18-11-10-15(25(28)29)12-17(18)21(27)24-23-20(26)13-30-19-9-5-4-8-16(19)14-6-2-1-3-7-14/h1-12H,13H2,(H,23,26)(H,24,27). The third-order valence-corrected chi connectivity index (χ3v) is 4.38. The number of nitro groups is 1. The van der Waals surface area contributed by atoms with Crippen molar-refractivity contribution in [2.45, 2.75) is 0 Å². The van der Waals surface area contributed by atoms with Crippen LogP contribution in [0.3, 0.4) is 0 Å². The number of amides is 2. The number of halogens is 1. The van der Waals surface area contributed by atoms with Crippen LogP contribution in [0.1, 0.15) is 10.4 Å². The van der Waals surface area contributed by atoms with Gasteiger partial charge in [0.2, 0.25) is 0 Å². The third kappa shape index (κ3) is 5.12. The van der Waals surface area contributed by atoms with E-state index >= 15 is 0 Å². The fraction of sp³-hybridized carbons (Fsp3) is 0.0476. The summed E-state index contributed by atoms with van der Waals surface area (Å²) in [5.41, 5.74) is 5.68.